The lowest BCUT2D eigenvalue weighted by atomic mass is 9.95. The van der Waals surface area contributed by atoms with Crippen LogP contribution in [0.5, 0.6) is 5.75 Å². The minimum Gasteiger partial charge on any atom is -0.478 e. The molecule has 0 aromatic heterocycles. The maximum absolute atomic E-state index is 12.6. The normalized spacial score (nSPS) is 10.0. The highest BCUT2D eigenvalue weighted by Gasteiger charge is 2.24. The Kier molecular flexibility index (Phi) is 5.12. The Labute approximate surface area is 145 Å². The molecule has 9 heteroatoms. The van der Waals surface area contributed by atoms with E-state index in [1.807, 2.05) is 0 Å². The number of aromatic carboxylic acids is 3. The van der Waals surface area contributed by atoms with Crippen molar-refractivity contribution in [1.29, 1.82) is 0 Å². The Hall–Kier alpha value is -4.01. The number of carboxylic acids is 3. The van der Waals surface area contributed by atoms with Crippen LogP contribution in [-0.4, -0.2) is 45.5 Å². The first-order chi connectivity index (χ1) is 12.3. The summed E-state index contributed by atoms with van der Waals surface area (Å²) in [5.74, 6) is -5.83. The number of benzene rings is 2. The zero-order chi connectivity index (χ0) is 19.4. The van der Waals surface area contributed by atoms with Crippen LogP contribution in [-0.2, 0) is 4.79 Å². The average Bonchev–Trinajstić information content (AvgIpc) is 2.60. The first-order valence-electron chi connectivity index (χ1n) is 6.89. The number of hydrogen-bond donors (Lipinski definition) is 3. The summed E-state index contributed by atoms with van der Waals surface area (Å²) in [7, 11) is 0. The van der Waals surface area contributed by atoms with Crippen LogP contribution in [0.15, 0.2) is 36.4 Å². The van der Waals surface area contributed by atoms with Crippen LogP contribution in [0.3, 0.4) is 0 Å². The number of ether oxygens (including phenoxy) is 1. The maximum Gasteiger partial charge on any atom is 0.340 e. The molecule has 0 saturated heterocycles. The van der Waals surface area contributed by atoms with Crippen LogP contribution >= 0.6 is 0 Å². The molecule has 26 heavy (non-hydrogen) atoms. The SMILES string of the molecule is O=COc1cccc(C(=O)c2ccc(C(=O)O)c(C(=O)O)c2)c1C(=O)O. The molecule has 0 aliphatic heterocycles. The first kappa shape index (κ1) is 18.3. The van der Waals surface area contributed by atoms with Crippen LogP contribution in [0.1, 0.15) is 47.0 Å². The molecule has 2 aromatic carbocycles. The summed E-state index contributed by atoms with van der Waals surface area (Å²) in [6.07, 6.45) is 0. The molecule has 2 rings (SSSR count). The molecule has 132 valence electrons. The Morgan fingerprint density at radius 2 is 1.46 bits per heavy atom. The van der Waals surface area contributed by atoms with E-state index in [-0.39, 0.29) is 23.3 Å². The molecule has 0 unspecified atom stereocenters. The van der Waals surface area contributed by atoms with Crippen LogP contribution < -0.4 is 4.74 Å². The number of hydrogen-bond acceptors (Lipinski definition) is 6. The van der Waals surface area contributed by atoms with Crippen molar-refractivity contribution in [3.8, 4) is 5.75 Å². The Balaban J connectivity index is 2.63. The van der Waals surface area contributed by atoms with Crippen molar-refractivity contribution in [2.45, 2.75) is 0 Å². The standard InChI is InChI=1S/C17H10O9/c18-7-26-12-3-1-2-10(13(12)17(24)25)14(19)8-4-5-9(15(20)21)11(6-8)16(22)23/h1-7H,(H,20,21)(H,22,23)(H,24,25). The van der Waals surface area contributed by atoms with E-state index in [9.17, 15) is 29.1 Å². The number of carbonyl (C=O) groups excluding carboxylic acids is 2. The molecule has 0 heterocycles. The third kappa shape index (κ3) is 3.41. The van der Waals surface area contributed by atoms with E-state index in [1.54, 1.807) is 0 Å². The minimum atomic E-state index is -1.56. The summed E-state index contributed by atoms with van der Waals surface area (Å²) >= 11 is 0. The molecule has 0 bridgehead atoms. The van der Waals surface area contributed by atoms with Crippen molar-refractivity contribution in [2.75, 3.05) is 0 Å². The molecule has 0 radical (unpaired) electrons. The largest absolute Gasteiger partial charge is 0.478 e. The van der Waals surface area contributed by atoms with Crippen molar-refractivity contribution >= 4 is 30.2 Å². The molecule has 0 saturated carbocycles. The number of carbonyl (C=O) groups is 5. The van der Waals surface area contributed by atoms with Crippen LogP contribution in [0.25, 0.3) is 0 Å². The van der Waals surface area contributed by atoms with Gasteiger partial charge in [-0.1, -0.05) is 12.1 Å². The minimum absolute atomic E-state index is 0.000215. The molecule has 0 atom stereocenters. The second-order valence-electron chi connectivity index (χ2n) is 4.90. The van der Waals surface area contributed by atoms with Gasteiger partial charge in [0, 0.05) is 11.1 Å². The highest BCUT2D eigenvalue weighted by Crippen LogP contribution is 2.25. The van der Waals surface area contributed by atoms with Crippen molar-refractivity contribution in [2.24, 2.45) is 0 Å². The Bertz CT molecular complexity index is 943. The van der Waals surface area contributed by atoms with Crippen molar-refractivity contribution in [3.63, 3.8) is 0 Å². The van der Waals surface area contributed by atoms with Gasteiger partial charge >= 0.3 is 17.9 Å². The second-order valence-corrected chi connectivity index (χ2v) is 4.90. The summed E-state index contributed by atoms with van der Waals surface area (Å²) in [5.41, 5.74) is -2.32. The Morgan fingerprint density at radius 3 is 2.00 bits per heavy atom. The van der Waals surface area contributed by atoms with E-state index in [4.69, 9.17) is 10.2 Å². The van der Waals surface area contributed by atoms with E-state index in [0.29, 0.717) is 0 Å². The third-order valence-corrected chi connectivity index (χ3v) is 3.40. The maximum atomic E-state index is 12.6. The van der Waals surface area contributed by atoms with E-state index in [1.165, 1.54) is 12.1 Å². The zero-order valence-corrected chi connectivity index (χ0v) is 12.8. The van der Waals surface area contributed by atoms with Crippen molar-refractivity contribution < 1.29 is 44.0 Å². The lowest BCUT2D eigenvalue weighted by Crippen LogP contribution is -2.14. The fourth-order valence-corrected chi connectivity index (χ4v) is 2.30. The summed E-state index contributed by atoms with van der Waals surface area (Å²) < 4.78 is 4.55. The molecular formula is C17H10O9. The summed E-state index contributed by atoms with van der Waals surface area (Å²) in [6.45, 7) is 0.000215. The van der Waals surface area contributed by atoms with Gasteiger partial charge in [-0.05, 0) is 24.3 Å². The van der Waals surface area contributed by atoms with E-state index < -0.39 is 40.4 Å². The van der Waals surface area contributed by atoms with Gasteiger partial charge in [0.15, 0.2) is 5.78 Å². The van der Waals surface area contributed by atoms with Gasteiger partial charge < -0.3 is 20.1 Å². The van der Waals surface area contributed by atoms with Crippen molar-refractivity contribution in [3.05, 3.63) is 64.2 Å². The summed E-state index contributed by atoms with van der Waals surface area (Å²) in [5, 5.41) is 27.4. The lowest BCUT2D eigenvalue weighted by Gasteiger charge is -2.10. The predicted octanol–water partition coefficient (Wildman–Crippen LogP) is 1.55. The molecular weight excluding hydrogens is 348 g/mol. The topological polar surface area (TPSA) is 155 Å². The molecule has 0 amide bonds. The number of carboxylic acid groups (broad SMARTS) is 3. The molecule has 0 aliphatic carbocycles. The highest BCUT2D eigenvalue weighted by molar-refractivity contribution is 6.16. The monoisotopic (exact) mass is 358 g/mol. The summed E-state index contributed by atoms with van der Waals surface area (Å²) in [6, 6.07) is 6.46. The van der Waals surface area contributed by atoms with Crippen molar-refractivity contribution in [1.82, 2.24) is 0 Å². The van der Waals surface area contributed by atoms with Gasteiger partial charge in [0.1, 0.15) is 11.3 Å². The van der Waals surface area contributed by atoms with Crippen LogP contribution in [0, 0.1) is 0 Å². The van der Waals surface area contributed by atoms with Gasteiger partial charge in [-0.15, -0.1) is 0 Å². The first-order valence-corrected chi connectivity index (χ1v) is 6.89. The smallest absolute Gasteiger partial charge is 0.340 e. The lowest BCUT2D eigenvalue weighted by molar-refractivity contribution is -0.120. The molecule has 0 aliphatic rings. The number of ketones is 1. The van der Waals surface area contributed by atoms with Gasteiger partial charge in [-0.25, -0.2) is 14.4 Å². The highest BCUT2D eigenvalue weighted by atomic mass is 16.5. The van der Waals surface area contributed by atoms with Gasteiger partial charge in [-0.2, -0.15) is 0 Å². The van der Waals surface area contributed by atoms with Crippen LogP contribution in [0.2, 0.25) is 0 Å². The van der Waals surface area contributed by atoms with Gasteiger partial charge in [0.2, 0.25) is 0 Å². The molecule has 3 N–H and O–H groups in total. The van der Waals surface area contributed by atoms with E-state index >= 15 is 0 Å². The van der Waals surface area contributed by atoms with E-state index in [0.717, 1.165) is 24.3 Å². The average molecular weight is 358 g/mol. The molecule has 9 nitrogen and oxygen atoms in total. The van der Waals surface area contributed by atoms with Gasteiger partial charge in [-0.3, -0.25) is 9.59 Å². The third-order valence-electron chi connectivity index (χ3n) is 3.40. The van der Waals surface area contributed by atoms with Gasteiger partial charge in [0.05, 0.1) is 11.1 Å². The van der Waals surface area contributed by atoms with Gasteiger partial charge in [0.25, 0.3) is 6.47 Å². The van der Waals surface area contributed by atoms with E-state index in [2.05, 4.69) is 4.74 Å². The predicted molar refractivity (Wildman–Crippen MR) is 83.9 cm³/mol. The fourth-order valence-electron chi connectivity index (χ4n) is 2.30. The van der Waals surface area contributed by atoms with Crippen LogP contribution in [0.4, 0.5) is 0 Å². The second kappa shape index (κ2) is 7.26. The number of rotatable bonds is 7. The molecule has 0 fully saturated rings. The quantitative estimate of drug-likeness (QED) is 0.493. The summed E-state index contributed by atoms with van der Waals surface area (Å²) in [4.78, 5) is 56.9. The molecule has 0 spiro atoms. The molecule has 2 aromatic rings. The zero-order valence-electron chi connectivity index (χ0n) is 12.8. The fraction of sp³-hybridized carbons (Fsp3) is 0. The Morgan fingerprint density at radius 1 is 0.808 bits per heavy atom.